The van der Waals surface area contributed by atoms with Crippen molar-refractivity contribution in [2.45, 2.75) is 26.3 Å². The van der Waals surface area contributed by atoms with Crippen LogP contribution in [-0.2, 0) is 6.42 Å². The zero-order chi connectivity index (χ0) is 13.3. The van der Waals surface area contributed by atoms with Crippen LogP contribution in [0.25, 0.3) is 0 Å². The molecule has 1 heterocycles. The first-order chi connectivity index (χ1) is 8.54. The molecule has 2 rings (SSSR count). The summed E-state index contributed by atoms with van der Waals surface area (Å²) in [5.74, 6) is -0.461. The molecular weight excluding hydrogens is 271 g/mol. The summed E-state index contributed by atoms with van der Waals surface area (Å²) in [5, 5.41) is 0.817. The average Bonchev–Trinajstić information content (AvgIpc) is 2.73. The van der Waals surface area contributed by atoms with Crippen LogP contribution in [0.3, 0.4) is 0 Å². The molecule has 0 amide bonds. The number of hydrogen-bond acceptors (Lipinski definition) is 3. The van der Waals surface area contributed by atoms with Gasteiger partial charge in [-0.25, -0.2) is 9.37 Å². The minimum absolute atomic E-state index is 0.0898. The molecule has 2 nitrogen and oxygen atoms in total. The van der Waals surface area contributed by atoms with Crippen molar-refractivity contribution < 1.29 is 4.39 Å². The third-order valence-corrected chi connectivity index (χ3v) is 4.21. The Morgan fingerprint density at radius 2 is 2.22 bits per heavy atom. The lowest BCUT2D eigenvalue weighted by atomic mass is 10.1. The zero-order valence-electron chi connectivity index (χ0n) is 10.2. The first-order valence-electron chi connectivity index (χ1n) is 5.70. The molecule has 5 heteroatoms. The number of nitrogens with zero attached hydrogens (tertiary/aromatic N) is 1. The number of thiazole rings is 1. The molecule has 1 unspecified atom stereocenters. The lowest BCUT2D eigenvalue weighted by molar-refractivity contribution is 0.599. The van der Waals surface area contributed by atoms with E-state index in [2.05, 4.69) is 4.98 Å². The summed E-state index contributed by atoms with van der Waals surface area (Å²) in [6.45, 7) is 4.04. The minimum Gasteiger partial charge on any atom is -0.318 e. The smallest absolute Gasteiger partial charge is 0.146 e. The summed E-state index contributed by atoms with van der Waals surface area (Å²) >= 11 is 7.27. The van der Waals surface area contributed by atoms with E-state index in [1.807, 2.05) is 13.8 Å². The Morgan fingerprint density at radius 3 is 2.83 bits per heavy atom. The SMILES string of the molecule is CCc1nc(C(N)c2cccc(Cl)c2F)sc1C. The predicted molar refractivity (Wildman–Crippen MR) is 73.7 cm³/mol. The third-order valence-electron chi connectivity index (χ3n) is 2.83. The molecule has 2 aromatic rings. The van der Waals surface area contributed by atoms with Crippen LogP contribution >= 0.6 is 22.9 Å². The first kappa shape index (κ1) is 13.5. The standard InChI is InChI=1S/C13H14ClFN2S/c1-3-10-7(2)18-13(17-10)12(16)8-5-4-6-9(14)11(8)15/h4-6,12H,3,16H2,1-2H3. The maximum absolute atomic E-state index is 13.9. The molecule has 96 valence electrons. The molecule has 1 aromatic carbocycles. The predicted octanol–water partition coefficient (Wildman–Crippen LogP) is 3.85. The van der Waals surface area contributed by atoms with Gasteiger partial charge in [-0.1, -0.05) is 30.7 Å². The fourth-order valence-corrected chi connectivity index (χ4v) is 3.02. The van der Waals surface area contributed by atoms with E-state index >= 15 is 0 Å². The Bertz CT molecular complexity index is 568. The highest BCUT2D eigenvalue weighted by molar-refractivity contribution is 7.11. The lowest BCUT2D eigenvalue weighted by Gasteiger charge is -2.10. The Labute approximate surface area is 115 Å². The van der Waals surface area contributed by atoms with Crippen LogP contribution in [0.4, 0.5) is 4.39 Å². The number of hydrogen-bond donors (Lipinski definition) is 1. The molecule has 1 atom stereocenters. The van der Waals surface area contributed by atoms with Crippen LogP contribution in [0.5, 0.6) is 0 Å². The Kier molecular flexibility index (Phi) is 4.00. The second-order valence-electron chi connectivity index (χ2n) is 4.03. The summed E-state index contributed by atoms with van der Waals surface area (Å²) in [5.41, 5.74) is 7.48. The van der Waals surface area contributed by atoms with Crippen LogP contribution in [-0.4, -0.2) is 4.98 Å². The van der Waals surface area contributed by atoms with Crippen molar-refractivity contribution in [1.29, 1.82) is 0 Å². The molecule has 1 aromatic heterocycles. The zero-order valence-corrected chi connectivity index (χ0v) is 11.8. The van der Waals surface area contributed by atoms with Crippen molar-refractivity contribution in [3.8, 4) is 0 Å². The number of halogens is 2. The van der Waals surface area contributed by atoms with Crippen molar-refractivity contribution in [2.24, 2.45) is 5.73 Å². The summed E-state index contributed by atoms with van der Waals surface area (Å²) in [6.07, 6.45) is 0.854. The minimum atomic E-state index is -0.562. The first-order valence-corrected chi connectivity index (χ1v) is 6.89. The molecule has 0 saturated heterocycles. The van der Waals surface area contributed by atoms with Gasteiger partial charge in [0.05, 0.1) is 16.8 Å². The molecule has 0 bridgehead atoms. The van der Waals surface area contributed by atoms with Gasteiger partial charge in [-0.15, -0.1) is 11.3 Å². The van der Waals surface area contributed by atoms with Crippen molar-refractivity contribution in [1.82, 2.24) is 4.98 Å². The molecule has 0 aliphatic heterocycles. The quantitative estimate of drug-likeness (QED) is 0.930. The molecule has 0 aliphatic carbocycles. The highest BCUT2D eigenvalue weighted by atomic mass is 35.5. The Balaban J connectivity index is 2.41. The van der Waals surface area contributed by atoms with E-state index in [0.717, 1.165) is 22.0 Å². The topological polar surface area (TPSA) is 38.9 Å². The number of nitrogens with two attached hydrogens (primary N) is 1. The van der Waals surface area contributed by atoms with Gasteiger partial charge in [-0.05, 0) is 19.4 Å². The largest absolute Gasteiger partial charge is 0.318 e. The van der Waals surface area contributed by atoms with Crippen LogP contribution in [0.1, 0.15) is 34.1 Å². The van der Waals surface area contributed by atoms with Crippen molar-refractivity contribution in [3.05, 3.63) is 50.2 Å². The maximum atomic E-state index is 13.9. The van der Waals surface area contributed by atoms with Gasteiger partial charge < -0.3 is 5.73 Å². The van der Waals surface area contributed by atoms with Crippen LogP contribution in [0, 0.1) is 12.7 Å². The van der Waals surface area contributed by atoms with E-state index in [-0.39, 0.29) is 5.02 Å². The summed E-state index contributed by atoms with van der Waals surface area (Å²) in [6, 6.07) is 4.29. The van der Waals surface area contributed by atoms with Gasteiger partial charge in [0, 0.05) is 10.4 Å². The van der Waals surface area contributed by atoms with E-state index in [9.17, 15) is 4.39 Å². The molecular formula is C13H14ClFN2S. The molecule has 0 radical (unpaired) electrons. The lowest BCUT2D eigenvalue weighted by Crippen LogP contribution is -2.13. The second kappa shape index (κ2) is 5.34. The third kappa shape index (κ3) is 2.41. The van der Waals surface area contributed by atoms with Gasteiger partial charge in [0.2, 0.25) is 0 Å². The van der Waals surface area contributed by atoms with Crippen LogP contribution < -0.4 is 5.73 Å². The monoisotopic (exact) mass is 284 g/mol. The van der Waals surface area contributed by atoms with Crippen molar-refractivity contribution in [3.63, 3.8) is 0 Å². The van der Waals surface area contributed by atoms with Crippen LogP contribution in [0.15, 0.2) is 18.2 Å². The second-order valence-corrected chi connectivity index (χ2v) is 5.67. The summed E-state index contributed by atoms with van der Waals surface area (Å²) in [4.78, 5) is 5.59. The van der Waals surface area contributed by atoms with Crippen molar-refractivity contribution >= 4 is 22.9 Å². The van der Waals surface area contributed by atoms with Gasteiger partial charge in [0.1, 0.15) is 10.8 Å². The maximum Gasteiger partial charge on any atom is 0.146 e. The van der Waals surface area contributed by atoms with E-state index in [1.165, 1.54) is 17.4 Å². The normalized spacial score (nSPS) is 12.7. The fraction of sp³-hybridized carbons (Fsp3) is 0.308. The number of benzene rings is 1. The average molecular weight is 285 g/mol. The van der Waals surface area contributed by atoms with E-state index in [4.69, 9.17) is 17.3 Å². The molecule has 18 heavy (non-hydrogen) atoms. The number of aryl methyl sites for hydroxylation is 2. The number of rotatable bonds is 3. The Hall–Kier alpha value is -0.970. The van der Waals surface area contributed by atoms with Gasteiger partial charge >= 0.3 is 0 Å². The molecule has 0 aliphatic rings. The van der Waals surface area contributed by atoms with Crippen molar-refractivity contribution in [2.75, 3.05) is 0 Å². The fourth-order valence-electron chi connectivity index (χ4n) is 1.81. The van der Waals surface area contributed by atoms with E-state index in [1.54, 1.807) is 12.1 Å². The van der Waals surface area contributed by atoms with E-state index in [0.29, 0.717) is 5.56 Å². The van der Waals surface area contributed by atoms with Gasteiger partial charge in [0.15, 0.2) is 0 Å². The molecule has 0 spiro atoms. The molecule has 2 N–H and O–H groups in total. The summed E-state index contributed by atoms with van der Waals surface area (Å²) in [7, 11) is 0. The molecule has 0 fully saturated rings. The van der Waals surface area contributed by atoms with Gasteiger partial charge in [-0.3, -0.25) is 0 Å². The highest BCUT2D eigenvalue weighted by Gasteiger charge is 2.19. The van der Waals surface area contributed by atoms with Gasteiger partial charge in [0.25, 0.3) is 0 Å². The Morgan fingerprint density at radius 1 is 1.50 bits per heavy atom. The summed E-state index contributed by atoms with van der Waals surface area (Å²) < 4.78 is 13.9. The molecule has 0 saturated carbocycles. The van der Waals surface area contributed by atoms with E-state index < -0.39 is 11.9 Å². The number of aromatic nitrogens is 1. The van der Waals surface area contributed by atoms with Crippen LogP contribution in [0.2, 0.25) is 5.02 Å². The van der Waals surface area contributed by atoms with Gasteiger partial charge in [-0.2, -0.15) is 0 Å². The highest BCUT2D eigenvalue weighted by Crippen LogP contribution is 2.30.